The van der Waals surface area contributed by atoms with E-state index in [-0.39, 0.29) is 24.4 Å². The molecule has 1 aromatic heterocycles. The van der Waals surface area contributed by atoms with Gasteiger partial charge in [0.05, 0.1) is 11.4 Å². The lowest BCUT2D eigenvalue weighted by Crippen LogP contribution is -2.53. The predicted octanol–water partition coefficient (Wildman–Crippen LogP) is 1.91. The van der Waals surface area contributed by atoms with Gasteiger partial charge in [-0.05, 0) is 30.2 Å². The van der Waals surface area contributed by atoms with Gasteiger partial charge < -0.3 is 10.2 Å². The van der Waals surface area contributed by atoms with Crippen LogP contribution in [0.4, 0.5) is 4.79 Å². The molecule has 8 heteroatoms. The molecule has 2 aliphatic rings. The van der Waals surface area contributed by atoms with Crippen molar-refractivity contribution in [2.75, 3.05) is 32.7 Å². The second kappa shape index (κ2) is 9.32. The number of hydrogen-bond donors (Lipinski definition) is 2. The molecule has 4 amide bonds. The molecule has 0 bridgehead atoms. The van der Waals surface area contributed by atoms with Crippen molar-refractivity contribution in [2.24, 2.45) is 5.92 Å². The number of nitrogens with one attached hydrogen (secondary N) is 2. The lowest BCUT2D eigenvalue weighted by Gasteiger charge is -2.34. The molecule has 2 fully saturated rings. The topological polar surface area (TPSA) is 81.8 Å². The van der Waals surface area contributed by atoms with E-state index in [0.717, 1.165) is 24.1 Å². The molecule has 0 spiro atoms. The van der Waals surface area contributed by atoms with E-state index in [0.29, 0.717) is 32.1 Å². The molecule has 0 radical (unpaired) electrons. The number of urea groups is 1. The number of piperazine rings is 1. The van der Waals surface area contributed by atoms with Crippen LogP contribution in [0.25, 0.3) is 0 Å². The summed E-state index contributed by atoms with van der Waals surface area (Å²) in [6.07, 6.45) is 4.43. The fourth-order valence-electron chi connectivity index (χ4n) is 3.77. The van der Waals surface area contributed by atoms with E-state index in [1.165, 1.54) is 17.8 Å². The lowest BCUT2D eigenvalue weighted by molar-refractivity contribution is -0.121. The van der Waals surface area contributed by atoms with E-state index in [4.69, 9.17) is 0 Å². The molecule has 2 N–H and O–H groups in total. The van der Waals surface area contributed by atoms with E-state index in [1.54, 1.807) is 0 Å². The molecule has 1 saturated heterocycles. The van der Waals surface area contributed by atoms with E-state index in [1.807, 2.05) is 27.3 Å². The van der Waals surface area contributed by atoms with Gasteiger partial charge in [0.1, 0.15) is 0 Å². The SMILES string of the molecule is C[C@@H]1CCCC[C@@H]1NC(=O)NC(=O)CN1CCN(C(=O)c2cccs2)CC1. The van der Waals surface area contributed by atoms with Gasteiger partial charge in [-0.3, -0.25) is 19.8 Å². The van der Waals surface area contributed by atoms with Gasteiger partial charge in [-0.1, -0.05) is 25.8 Å². The number of thiophene rings is 1. The first-order valence-electron chi connectivity index (χ1n) is 9.68. The van der Waals surface area contributed by atoms with Gasteiger partial charge in [0.25, 0.3) is 5.91 Å². The van der Waals surface area contributed by atoms with Crippen molar-refractivity contribution in [2.45, 2.75) is 38.6 Å². The number of carbonyl (C=O) groups excluding carboxylic acids is 3. The van der Waals surface area contributed by atoms with Gasteiger partial charge in [0.2, 0.25) is 5.91 Å². The van der Waals surface area contributed by atoms with E-state index >= 15 is 0 Å². The first-order chi connectivity index (χ1) is 13.0. The highest BCUT2D eigenvalue weighted by Crippen LogP contribution is 2.23. The second-order valence-corrected chi connectivity index (χ2v) is 8.38. The lowest BCUT2D eigenvalue weighted by atomic mass is 9.86. The van der Waals surface area contributed by atoms with Crippen LogP contribution in [0.2, 0.25) is 0 Å². The van der Waals surface area contributed by atoms with Crippen LogP contribution in [-0.4, -0.2) is 66.4 Å². The van der Waals surface area contributed by atoms with E-state index in [9.17, 15) is 14.4 Å². The average molecular weight is 393 g/mol. The Kier molecular flexibility index (Phi) is 6.84. The highest BCUT2D eigenvalue weighted by molar-refractivity contribution is 7.12. The number of nitrogens with zero attached hydrogens (tertiary/aromatic N) is 2. The Hall–Kier alpha value is -1.93. The van der Waals surface area contributed by atoms with Crippen LogP contribution in [0, 0.1) is 5.92 Å². The summed E-state index contributed by atoms with van der Waals surface area (Å²) in [7, 11) is 0. The van der Waals surface area contributed by atoms with Crippen molar-refractivity contribution < 1.29 is 14.4 Å². The van der Waals surface area contributed by atoms with Crippen molar-refractivity contribution in [1.29, 1.82) is 0 Å². The molecule has 27 heavy (non-hydrogen) atoms. The maximum Gasteiger partial charge on any atom is 0.321 e. The van der Waals surface area contributed by atoms with Gasteiger partial charge in [-0.2, -0.15) is 0 Å². The van der Waals surface area contributed by atoms with Gasteiger partial charge in [-0.15, -0.1) is 11.3 Å². The third kappa shape index (κ3) is 5.52. The third-order valence-electron chi connectivity index (χ3n) is 5.44. The fraction of sp³-hybridized carbons (Fsp3) is 0.632. The molecule has 3 rings (SSSR count). The van der Waals surface area contributed by atoms with E-state index < -0.39 is 6.03 Å². The van der Waals surface area contributed by atoms with Crippen molar-refractivity contribution in [3.05, 3.63) is 22.4 Å². The summed E-state index contributed by atoms with van der Waals surface area (Å²) in [5.41, 5.74) is 0. The Morgan fingerprint density at radius 3 is 2.56 bits per heavy atom. The molecule has 1 aliphatic carbocycles. The molecule has 0 aromatic carbocycles. The minimum Gasteiger partial charge on any atom is -0.335 e. The summed E-state index contributed by atoms with van der Waals surface area (Å²) in [6.45, 7) is 4.76. The maximum absolute atomic E-state index is 12.3. The van der Waals surface area contributed by atoms with Gasteiger partial charge >= 0.3 is 6.03 Å². The van der Waals surface area contributed by atoms with Gasteiger partial charge in [0.15, 0.2) is 0 Å². The molecular formula is C19H28N4O3S. The highest BCUT2D eigenvalue weighted by atomic mass is 32.1. The van der Waals surface area contributed by atoms with Gasteiger partial charge in [0, 0.05) is 32.2 Å². The molecule has 1 saturated carbocycles. The molecule has 2 heterocycles. The summed E-state index contributed by atoms with van der Waals surface area (Å²) >= 11 is 1.44. The molecule has 148 valence electrons. The molecule has 2 atom stereocenters. The zero-order valence-corrected chi connectivity index (χ0v) is 16.6. The number of rotatable bonds is 4. The van der Waals surface area contributed by atoms with Gasteiger partial charge in [-0.25, -0.2) is 4.79 Å². The van der Waals surface area contributed by atoms with Crippen LogP contribution in [0.5, 0.6) is 0 Å². The number of amides is 4. The molecule has 1 aliphatic heterocycles. The van der Waals surface area contributed by atoms with Crippen LogP contribution < -0.4 is 10.6 Å². The predicted molar refractivity (Wildman–Crippen MR) is 105 cm³/mol. The van der Waals surface area contributed by atoms with Crippen molar-refractivity contribution in [1.82, 2.24) is 20.4 Å². The second-order valence-electron chi connectivity index (χ2n) is 7.44. The first-order valence-corrected chi connectivity index (χ1v) is 10.6. The maximum atomic E-state index is 12.3. The Morgan fingerprint density at radius 1 is 1.15 bits per heavy atom. The summed E-state index contributed by atoms with van der Waals surface area (Å²) < 4.78 is 0. The van der Waals surface area contributed by atoms with Crippen molar-refractivity contribution >= 4 is 29.2 Å². The van der Waals surface area contributed by atoms with Crippen LogP contribution >= 0.6 is 11.3 Å². The van der Waals surface area contributed by atoms with E-state index in [2.05, 4.69) is 17.6 Å². The standard InChI is InChI=1S/C19H28N4O3S/c1-14-5-2-3-6-15(14)20-19(26)21-17(24)13-22-8-10-23(11-9-22)18(25)16-7-4-12-27-16/h4,7,12,14-15H,2-3,5-6,8-11,13H2,1H3,(H2,20,21,24,26)/t14-,15+/m1/s1. The third-order valence-corrected chi connectivity index (χ3v) is 6.30. The largest absolute Gasteiger partial charge is 0.335 e. The summed E-state index contributed by atoms with van der Waals surface area (Å²) in [4.78, 5) is 41.1. The number of carbonyl (C=O) groups is 3. The molecular weight excluding hydrogens is 364 g/mol. The monoisotopic (exact) mass is 392 g/mol. The fourth-order valence-corrected chi connectivity index (χ4v) is 4.46. The van der Waals surface area contributed by atoms with Crippen LogP contribution in [0.3, 0.4) is 0 Å². The van der Waals surface area contributed by atoms with Crippen molar-refractivity contribution in [3.8, 4) is 0 Å². The number of imide groups is 1. The quantitative estimate of drug-likeness (QED) is 0.820. The zero-order valence-electron chi connectivity index (χ0n) is 15.8. The normalized spacial score (nSPS) is 23.7. The average Bonchev–Trinajstić information content (AvgIpc) is 3.18. The van der Waals surface area contributed by atoms with Crippen LogP contribution in [0.1, 0.15) is 42.3 Å². The minimum absolute atomic E-state index is 0.0510. The van der Waals surface area contributed by atoms with Crippen LogP contribution in [0.15, 0.2) is 17.5 Å². The Labute approximate surface area is 164 Å². The Morgan fingerprint density at radius 2 is 1.89 bits per heavy atom. The van der Waals surface area contributed by atoms with Crippen molar-refractivity contribution in [3.63, 3.8) is 0 Å². The van der Waals surface area contributed by atoms with Crippen LogP contribution in [-0.2, 0) is 4.79 Å². The molecule has 1 aromatic rings. The summed E-state index contributed by atoms with van der Waals surface area (Å²) in [6, 6.07) is 3.46. The number of hydrogen-bond acceptors (Lipinski definition) is 5. The summed E-state index contributed by atoms with van der Waals surface area (Å²) in [5, 5.41) is 7.27. The first kappa shape index (κ1) is 19.8. The zero-order chi connectivity index (χ0) is 19.2. The summed E-state index contributed by atoms with van der Waals surface area (Å²) in [5.74, 6) is 0.206. The smallest absolute Gasteiger partial charge is 0.321 e. The highest BCUT2D eigenvalue weighted by Gasteiger charge is 2.26. The molecule has 7 nitrogen and oxygen atoms in total. The molecule has 0 unspecified atom stereocenters. The minimum atomic E-state index is -0.398. The Bertz CT molecular complexity index is 656. The Balaban J connectivity index is 1.37.